The van der Waals surface area contributed by atoms with E-state index < -0.39 is 41.8 Å². The van der Waals surface area contributed by atoms with Crippen molar-refractivity contribution in [1.29, 1.82) is 0 Å². The Balaban J connectivity index is 3.14. The number of aliphatic hydroxyl groups is 2. The van der Waals surface area contributed by atoms with Gasteiger partial charge in [-0.15, -0.1) is 0 Å². The van der Waals surface area contributed by atoms with E-state index in [9.17, 15) is 33.0 Å². The van der Waals surface area contributed by atoms with Gasteiger partial charge in [0.2, 0.25) is 5.91 Å². The van der Waals surface area contributed by atoms with Gasteiger partial charge in [0, 0.05) is 5.56 Å². The summed E-state index contributed by atoms with van der Waals surface area (Å²) in [4.78, 5) is 21.2. The molecule has 0 spiro atoms. The number of hydrogen-bond acceptors (Lipinski definition) is 4. The van der Waals surface area contributed by atoms with E-state index in [-0.39, 0.29) is 11.8 Å². The van der Waals surface area contributed by atoms with E-state index in [1.807, 2.05) is 0 Å². The Hall–Kier alpha value is -1.93. The molecule has 0 fully saturated rings. The third kappa shape index (κ3) is 3.78. The van der Waals surface area contributed by atoms with Crippen LogP contribution in [0, 0.1) is 0 Å². The molecule has 0 aliphatic carbocycles. The maximum Gasteiger partial charge on any atom is 0.417 e. The number of amides is 1. The lowest BCUT2D eigenvalue weighted by Gasteiger charge is -2.19. The average Bonchev–Trinajstić information content (AvgIpc) is 2.35. The van der Waals surface area contributed by atoms with Crippen molar-refractivity contribution in [3.05, 3.63) is 34.9 Å². The second-order valence-corrected chi connectivity index (χ2v) is 4.14. The third-order valence-corrected chi connectivity index (χ3v) is 2.63. The normalized spacial score (nSPS) is 14.7. The number of halogens is 3. The van der Waals surface area contributed by atoms with Crippen LogP contribution in [0.3, 0.4) is 0 Å². The van der Waals surface area contributed by atoms with Crippen LogP contribution in [0.5, 0.6) is 0 Å². The largest absolute Gasteiger partial charge is 0.417 e. The summed E-state index contributed by atoms with van der Waals surface area (Å²) in [5, 5.41) is 19.1. The predicted molar refractivity (Wildman–Crippen MR) is 61.6 cm³/mol. The van der Waals surface area contributed by atoms with Gasteiger partial charge >= 0.3 is 6.18 Å². The second kappa shape index (κ2) is 6.02. The highest BCUT2D eigenvalue weighted by molar-refractivity contribution is 5.78. The number of aldehydes is 1. The highest BCUT2D eigenvalue weighted by Gasteiger charge is 2.34. The molecule has 1 aromatic rings. The van der Waals surface area contributed by atoms with Gasteiger partial charge in [-0.2, -0.15) is 13.2 Å². The maximum absolute atomic E-state index is 12.7. The number of carbonyl (C=O) groups excluding carboxylic acids is 2. The highest BCUT2D eigenvalue weighted by atomic mass is 19.4. The van der Waals surface area contributed by atoms with Crippen molar-refractivity contribution in [2.45, 2.75) is 24.8 Å². The van der Waals surface area contributed by atoms with E-state index in [1.54, 1.807) is 0 Å². The van der Waals surface area contributed by atoms with E-state index in [2.05, 4.69) is 0 Å². The van der Waals surface area contributed by atoms with E-state index in [0.29, 0.717) is 6.07 Å². The molecular formula is C12H12F3NO4. The van der Waals surface area contributed by atoms with Gasteiger partial charge in [0.1, 0.15) is 6.10 Å². The zero-order valence-corrected chi connectivity index (χ0v) is 10.1. The van der Waals surface area contributed by atoms with Crippen molar-refractivity contribution in [3.63, 3.8) is 0 Å². The molecule has 2 unspecified atom stereocenters. The molecule has 5 nitrogen and oxygen atoms in total. The molecule has 20 heavy (non-hydrogen) atoms. The molecule has 0 aromatic heterocycles. The molecule has 2 atom stereocenters. The fourth-order valence-electron chi connectivity index (χ4n) is 1.65. The smallest absolute Gasteiger partial charge is 0.390 e. The monoisotopic (exact) mass is 291 g/mol. The Bertz CT molecular complexity index is 516. The third-order valence-electron chi connectivity index (χ3n) is 2.63. The zero-order valence-electron chi connectivity index (χ0n) is 10.1. The fourth-order valence-corrected chi connectivity index (χ4v) is 1.65. The summed E-state index contributed by atoms with van der Waals surface area (Å²) < 4.78 is 38.1. The molecule has 0 radical (unpaired) electrons. The number of rotatable bonds is 5. The number of alkyl halides is 3. The lowest BCUT2D eigenvalue weighted by molar-refractivity contribution is -0.138. The second-order valence-electron chi connectivity index (χ2n) is 4.14. The van der Waals surface area contributed by atoms with E-state index >= 15 is 0 Å². The number of carbonyl (C=O) groups is 2. The van der Waals surface area contributed by atoms with Crippen molar-refractivity contribution in [2.75, 3.05) is 0 Å². The number of hydrogen-bond donors (Lipinski definition) is 3. The van der Waals surface area contributed by atoms with Gasteiger partial charge < -0.3 is 15.9 Å². The molecule has 4 N–H and O–H groups in total. The van der Waals surface area contributed by atoms with Gasteiger partial charge in [-0.1, -0.05) is 12.1 Å². The summed E-state index contributed by atoms with van der Waals surface area (Å²) >= 11 is 0. The summed E-state index contributed by atoms with van der Waals surface area (Å²) in [6.45, 7) is 0. The van der Waals surface area contributed by atoms with Crippen molar-refractivity contribution >= 4 is 12.2 Å². The van der Waals surface area contributed by atoms with Crippen molar-refractivity contribution in [1.82, 2.24) is 0 Å². The summed E-state index contributed by atoms with van der Waals surface area (Å²) in [5.41, 5.74) is 2.74. The van der Waals surface area contributed by atoms with Crippen LogP contribution in [0.2, 0.25) is 0 Å². The highest BCUT2D eigenvalue weighted by Crippen LogP contribution is 2.33. The fraction of sp³-hybridized carbons (Fsp3) is 0.333. The first kappa shape index (κ1) is 16.1. The molecule has 0 bridgehead atoms. The lowest BCUT2D eigenvalue weighted by atomic mass is 9.97. The summed E-state index contributed by atoms with van der Waals surface area (Å²) in [6.07, 6.45) is -8.68. The van der Waals surface area contributed by atoms with Crippen LogP contribution < -0.4 is 5.73 Å². The van der Waals surface area contributed by atoms with Crippen molar-refractivity contribution in [2.24, 2.45) is 5.73 Å². The molecule has 1 rings (SSSR count). The van der Waals surface area contributed by atoms with Crippen LogP contribution in [0.4, 0.5) is 13.2 Å². The van der Waals surface area contributed by atoms with Crippen LogP contribution in [-0.4, -0.2) is 28.5 Å². The number of primary amides is 1. The zero-order chi connectivity index (χ0) is 15.5. The van der Waals surface area contributed by atoms with Crippen LogP contribution in [0.25, 0.3) is 0 Å². The number of aliphatic hydroxyl groups excluding tert-OH is 2. The maximum atomic E-state index is 12.7. The van der Waals surface area contributed by atoms with Gasteiger partial charge in [-0.25, -0.2) is 0 Å². The Morgan fingerprint density at radius 2 is 1.95 bits per heavy atom. The Morgan fingerprint density at radius 3 is 2.40 bits per heavy atom. The average molecular weight is 291 g/mol. The Morgan fingerprint density at radius 1 is 1.35 bits per heavy atom. The van der Waals surface area contributed by atoms with Gasteiger partial charge in [-0.3, -0.25) is 9.59 Å². The van der Waals surface area contributed by atoms with Crippen LogP contribution >= 0.6 is 0 Å². The summed E-state index contributed by atoms with van der Waals surface area (Å²) in [5.74, 6) is -0.905. The topological polar surface area (TPSA) is 101 Å². The van der Waals surface area contributed by atoms with Gasteiger partial charge in [0.05, 0.1) is 18.1 Å². The first-order valence-corrected chi connectivity index (χ1v) is 5.47. The quantitative estimate of drug-likeness (QED) is 0.698. The Kier molecular flexibility index (Phi) is 4.85. The van der Waals surface area contributed by atoms with Gasteiger partial charge in [0.15, 0.2) is 6.29 Å². The van der Waals surface area contributed by atoms with Crippen molar-refractivity contribution < 1.29 is 33.0 Å². The Labute approximate surface area is 111 Å². The molecule has 8 heteroatoms. The molecule has 0 heterocycles. The standard InChI is InChI=1S/C12H12F3NO4/c13-12(14,15)8-3-6(1-2-7(8)5-17)11(20)9(18)4-10(16)19/h1-3,5,9,11,18,20H,4H2,(H2,16,19). The minimum atomic E-state index is -4.78. The van der Waals surface area contributed by atoms with E-state index in [0.717, 1.165) is 12.1 Å². The van der Waals surface area contributed by atoms with Crippen LogP contribution in [-0.2, 0) is 11.0 Å². The minimum absolute atomic E-state index is 0.0405. The first-order valence-electron chi connectivity index (χ1n) is 5.47. The minimum Gasteiger partial charge on any atom is -0.390 e. The van der Waals surface area contributed by atoms with Gasteiger partial charge in [-0.05, 0) is 11.6 Å². The molecule has 110 valence electrons. The first-order chi connectivity index (χ1) is 9.16. The molecule has 1 amide bonds. The van der Waals surface area contributed by atoms with Crippen molar-refractivity contribution in [3.8, 4) is 0 Å². The molecule has 0 aliphatic rings. The summed E-state index contributed by atoms with van der Waals surface area (Å²) in [6, 6.07) is 2.50. The number of nitrogens with two attached hydrogens (primary N) is 1. The lowest BCUT2D eigenvalue weighted by Crippen LogP contribution is -2.26. The van der Waals surface area contributed by atoms with Gasteiger partial charge in [0.25, 0.3) is 0 Å². The molecule has 0 saturated heterocycles. The van der Waals surface area contributed by atoms with Crippen LogP contribution in [0.15, 0.2) is 18.2 Å². The molecule has 1 aromatic carbocycles. The number of benzene rings is 1. The molecule has 0 aliphatic heterocycles. The molecular weight excluding hydrogens is 279 g/mol. The molecule has 0 saturated carbocycles. The summed E-state index contributed by atoms with van der Waals surface area (Å²) in [7, 11) is 0. The van der Waals surface area contributed by atoms with Crippen LogP contribution in [0.1, 0.15) is 34.0 Å². The van der Waals surface area contributed by atoms with E-state index in [1.165, 1.54) is 0 Å². The predicted octanol–water partition coefficient (Wildman–Crippen LogP) is 0.788. The van der Waals surface area contributed by atoms with E-state index in [4.69, 9.17) is 5.73 Å². The SMILES string of the molecule is NC(=O)CC(O)C(O)c1ccc(C=O)c(C(F)(F)F)c1.